The van der Waals surface area contributed by atoms with E-state index in [1.165, 1.54) is 19.3 Å². The Morgan fingerprint density at radius 2 is 1.82 bits per heavy atom. The summed E-state index contributed by atoms with van der Waals surface area (Å²) in [5.41, 5.74) is 1.05. The van der Waals surface area contributed by atoms with E-state index in [0.29, 0.717) is 43.0 Å². The Balaban J connectivity index is 0.00000392. The van der Waals surface area contributed by atoms with Crippen molar-refractivity contribution >= 4 is 35.8 Å². The second kappa shape index (κ2) is 13.5. The number of amides is 1. The third kappa shape index (κ3) is 8.12. The van der Waals surface area contributed by atoms with Crippen LogP contribution in [-0.4, -0.2) is 45.7 Å². The number of nitrogens with zero attached hydrogens (tertiary/aromatic N) is 1. The standard InChI is InChI=1S/C20H32N4O3.HI/c1-21-20(22-12-11-19(25)24-16-7-5-4-6-8-16)23-14-15-9-10-17(26-2)18(13-15)27-3;/h9-10,13,16H,4-8,11-12,14H2,1-3H3,(H,24,25)(H2,21,22,23);1H. The van der Waals surface area contributed by atoms with Gasteiger partial charge in [-0.3, -0.25) is 9.79 Å². The number of methoxy groups -OCH3 is 2. The molecular formula is C20H33IN4O3. The second-order valence-electron chi connectivity index (χ2n) is 6.69. The number of halogens is 1. The molecule has 0 aromatic heterocycles. The highest BCUT2D eigenvalue weighted by Gasteiger charge is 2.15. The van der Waals surface area contributed by atoms with Gasteiger partial charge in [0.15, 0.2) is 17.5 Å². The first-order chi connectivity index (χ1) is 13.2. The number of rotatable bonds is 8. The van der Waals surface area contributed by atoms with E-state index in [9.17, 15) is 4.79 Å². The zero-order valence-corrected chi connectivity index (χ0v) is 19.4. The van der Waals surface area contributed by atoms with Crippen LogP contribution in [0.15, 0.2) is 23.2 Å². The third-order valence-corrected chi connectivity index (χ3v) is 4.75. The van der Waals surface area contributed by atoms with Crippen LogP contribution in [0.25, 0.3) is 0 Å². The minimum absolute atomic E-state index is 0. The smallest absolute Gasteiger partial charge is 0.221 e. The van der Waals surface area contributed by atoms with Crippen molar-refractivity contribution in [3.05, 3.63) is 23.8 Å². The summed E-state index contributed by atoms with van der Waals surface area (Å²) in [5, 5.41) is 9.55. The molecule has 0 spiro atoms. The molecular weight excluding hydrogens is 471 g/mol. The van der Waals surface area contributed by atoms with Gasteiger partial charge in [-0.2, -0.15) is 0 Å². The molecule has 7 nitrogen and oxygen atoms in total. The quantitative estimate of drug-likeness (QED) is 0.288. The van der Waals surface area contributed by atoms with Crippen LogP contribution in [0.2, 0.25) is 0 Å². The van der Waals surface area contributed by atoms with E-state index >= 15 is 0 Å². The molecule has 28 heavy (non-hydrogen) atoms. The fraction of sp³-hybridized carbons (Fsp3) is 0.600. The number of hydrogen-bond acceptors (Lipinski definition) is 4. The summed E-state index contributed by atoms with van der Waals surface area (Å²) in [5.74, 6) is 2.16. The number of carbonyl (C=O) groups is 1. The van der Waals surface area contributed by atoms with Crippen molar-refractivity contribution < 1.29 is 14.3 Å². The molecule has 1 aromatic rings. The minimum Gasteiger partial charge on any atom is -0.493 e. The summed E-state index contributed by atoms with van der Waals surface area (Å²) in [7, 11) is 4.95. The van der Waals surface area contributed by atoms with Gasteiger partial charge in [-0.25, -0.2) is 0 Å². The number of aliphatic imine (C=N–C) groups is 1. The molecule has 1 aliphatic rings. The molecule has 8 heteroatoms. The van der Waals surface area contributed by atoms with Crippen molar-refractivity contribution in [2.45, 2.75) is 51.1 Å². The SMILES string of the molecule is CN=C(NCCC(=O)NC1CCCCC1)NCc1ccc(OC)c(OC)c1.I. The summed E-state index contributed by atoms with van der Waals surface area (Å²) in [6.07, 6.45) is 6.37. The maximum atomic E-state index is 12.1. The molecule has 1 aromatic carbocycles. The largest absolute Gasteiger partial charge is 0.493 e. The van der Waals surface area contributed by atoms with Crippen LogP contribution in [-0.2, 0) is 11.3 Å². The lowest BCUT2D eigenvalue weighted by molar-refractivity contribution is -0.121. The van der Waals surface area contributed by atoms with Crippen LogP contribution < -0.4 is 25.4 Å². The molecule has 0 aliphatic heterocycles. The summed E-state index contributed by atoms with van der Waals surface area (Å²) < 4.78 is 10.6. The normalized spacial score (nSPS) is 14.6. The fourth-order valence-corrected chi connectivity index (χ4v) is 3.24. The van der Waals surface area contributed by atoms with Gasteiger partial charge >= 0.3 is 0 Å². The molecule has 3 N–H and O–H groups in total. The highest BCUT2D eigenvalue weighted by Crippen LogP contribution is 2.27. The van der Waals surface area contributed by atoms with Gasteiger partial charge < -0.3 is 25.4 Å². The molecule has 0 bridgehead atoms. The summed E-state index contributed by atoms with van der Waals surface area (Å²) in [6.45, 7) is 1.14. The van der Waals surface area contributed by atoms with E-state index < -0.39 is 0 Å². The maximum absolute atomic E-state index is 12.1. The molecule has 1 amide bonds. The summed E-state index contributed by atoms with van der Waals surface area (Å²) in [6, 6.07) is 6.13. The number of guanidine groups is 1. The number of hydrogen-bond donors (Lipinski definition) is 3. The van der Waals surface area contributed by atoms with Gasteiger partial charge in [0.1, 0.15) is 0 Å². The molecule has 0 atom stereocenters. The van der Waals surface area contributed by atoms with Crippen molar-refractivity contribution in [1.29, 1.82) is 0 Å². The van der Waals surface area contributed by atoms with Gasteiger partial charge in [-0.05, 0) is 30.5 Å². The van der Waals surface area contributed by atoms with E-state index in [4.69, 9.17) is 9.47 Å². The van der Waals surface area contributed by atoms with Gasteiger partial charge in [-0.1, -0.05) is 25.3 Å². The lowest BCUT2D eigenvalue weighted by atomic mass is 9.95. The van der Waals surface area contributed by atoms with Crippen molar-refractivity contribution in [2.75, 3.05) is 27.8 Å². The van der Waals surface area contributed by atoms with Crippen LogP contribution >= 0.6 is 24.0 Å². The molecule has 1 saturated carbocycles. The second-order valence-corrected chi connectivity index (χ2v) is 6.69. The third-order valence-electron chi connectivity index (χ3n) is 4.75. The summed E-state index contributed by atoms with van der Waals surface area (Å²) in [4.78, 5) is 16.3. The average molecular weight is 504 g/mol. The Hall–Kier alpha value is -1.71. The van der Waals surface area contributed by atoms with Gasteiger partial charge in [0, 0.05) is 32.6 Å². The average Bonchev–Trinajstić information content (AvgIpc) is 2.71. The maximum Gasteiger partial charge on any atom is 0.221 e. The predicted molar refractivity (Wildman–Crippen MR) is 123 cm³/mol. The van der Waals surface area contributed by atoms with Crippen LogP contribution in [0.4, 0.5) is 0 Å². The lowest BCUT2D eigenvalue weighted by Gasteiger charge is -2.22. The Labute approximate surface area is 185 Å². The van der Waals surface area contributed by atoms with Crippen LogP contribution in [0, 0.1) is 0 Å². The monoisotopic (exact) mass is 504 g/mol. The van der Waals surface area contributed by atoms with Crippen molar-refractivity contribution in [3.8, 4) is 11.5 Å². The molecule has 1 fully saturated rings. The zero-order valence-electron chi connectivity index (χ0n) is 17.0. The molecule has 0 saturated heterocycles. The minimum atomic E-state index is 0. The van der Waals surface area contributed by atoms with Crippen molar-refractivity contribution in [1.82, 2.24) is 16.0 Å². The molecule has 158 valence electrons. The Kier molecular flexibility index (Phi) is 11.7. The highest BCUT2D eigenvalue weighted by atomic mass is 127. The predicted octanol–water partition coefficient (Wildman–Crippen LogP) is 2.83. The van der Waals surface area contributed by atoms with Crippen LogP contribution in [0.3, 0.4) is 0 Å². The Morgan fingerprint density at radius 1 is 1.11 bits per heavy atom. The Morgan fingerprint density at radius 3 is 2.46 bits per heavy atom. The lowest BCUT2D eigenvalue weighted by Crippen LogP contribution is -2.41. The van der Waals surface area contributed by atoms with Crippen molar-refractivity contribution in [2.24, 2.45) is 4.99 Å². The zero-order chi connectivity index (χ0) is 19.5. The summed E-state index contributed by atoms with van der Waals surface area (Å²) >= 11 is 0. The van der Waals surface area contributed by atoms with E-state index in [1.807, 2.05) is 18.2 Å². The number of benzene rings is 1. The molecule has 0 radical (unpaired) electrons. The van der Waals surface area contributed by atoms with E-state index in [2.05, 4.69) is 20.9 Å². The number of nitrogens with one attached hydrogen (secondary N) is 3. The molecule has 0 heterocycles. The van der Waals surface area contributed by atoms with E-state index in [0.717, 1.165) is 18.4 Å². The van der Waals surface area contributed by atoms with E-state index in [1.54, 1.807) is 21.3 Å². The molecule has 2 rings (SSSR count). The first-order valence-electron chi connectivity index (χ1n) is 9.61. The van der Waals surface area contributed by atoms with Gasteiger partial charge in [0.2, 0.25) is 5.91 Å². The topological polar surface area (TPSA) is 84.0 Å². The Bertz CT molecular complexity index is 634. The molecule has 1 aliphatic carbocycles. The van der Waals surface area contributed by atoms with E-state index in [-0.39, 0.29) is 29.9 Å². The fourth-order valence-electron chi connectivity index (χ4n) is 3.24. The van der Waals surface area contributed by atoms with Crippen molar-refractivity contribution in [3.63, 3.8) is 0 Å². The first-order valence-corrected chi connectivity index (χ1v) is 9.61. The van der Waals surface area contributed by atoms with Crippen LogP contribution in [0.1, 0.15) is 44.1 Å². The van der Waals surface area contributed by atoms with Gasteiger partial charge in [0.25, 0.3) is 0 Å². The van der Waals surface area contributed by atoms with Crippen LogP contribution in [0.5, 0.6) is 11.5 Å². The number of carbonyl (C=O) groups excluding carboxylic acids is 1. The molecule has 0 unspecified atom stereocenters. The highest BCUT2D eigenvalue weighted by molar-refractivity contribution is 14.0. The van der Waals surface area contributed by atoms with Gasteiger partial charge in [0.05, 0.1) is 14.2 Å². The van der Waals surface area contributed by atoms with Gasteiger partial charge in [-0.15, -0.1) is 24.0 Å². The number of ether oxygens (including phenoxy) is 2. The first kappa shape index (κ1) is 24.3.